The molecule has 0 aliphatic heterocycles. The van der Waals surface area contributed by atoms with Gasteiger partial charge < -0.3 is 29.2 Å². The maximum Gasteiger partial charge on any atom is 0.0879 e. The molecular formula is C26H54N2O6P2Tc. The molecule has 37 heavy (non-hydrogen) atoms. The molecule has 0 saturated heterocycles. The Morgan fingerprint density at radius 1 is 0.649 bits per heavy atom. The minimum atomic E-state index is -0.929. The summed E-state index contributed by atoms with van der Waals surface area (Å²) in [5, 5.41) is 24.5. The van der Waals surface area contributed by atoms with Crippen LogP contribution >= 0.6 is 15.8 Å². The largest absolute Gasteiger partial charge is 0.873 e. The summed E-state index contributed by atoms with van der Waals surface area (Å²) in [6, 6.07) is 0. The summed E-state index contributed by atoms with van der Waals surface area (Å²) in [6.45, 7) is 21.4. The van der Waals surface area contributed by atoms with Crippen LogP contribution in [0.3, 0.4) is 0 Å². The number of hydrogen-bond donors (Lipinski definition) is 0. The quantitative estimate of drug-likeness (QED) is 0.131. The summed E-state index contributed by atoms with van der Waals surface area (Å²) in [6.07, 6.45) is 2.84. The summed E-state index contributed by atoms with van der Waals surface area (Å²) in [5.74, 6) is -0.398. The summed E-state index contributed by atoms with van der Waals surface area (Å²) in [5.41, 5.74) is -0.854. The first kappa shape index (κ1) is 43.8. The van der Waals surface area contributed by atoms with Crippen LogP contribution in [0.2, 0.25) is 0 Å². The number of nitrogens with zero attached hydrogens (tertiary/aromatic N) is 2. The van der Waals surface area contributed by atoms with Gasteiger partial charge in [0, 0.05) is 88.5 Å². The third-order valence-electron chi connectivity index (χ3n) is 4.12. The Kier molecular flexibility index (Phi) is 29.3. The molecule has 0 heterocycles. The molecule has 0 aliphatic rings. The fraction of sp³-hybridized carbons (Fsp3) is 0.769. The van der Waals surface area contributed by atoms with Gasteiger partial charge in [0.1, 0.15) is 0 Å². The van der Waals surface area contributed by atoms with Crippen LogP contribution in [-0.4, -0.2) is 117 Å². The van der Waals surface area contributed by atoms with Crippen LogP contribution in [0.1, 0.15) is 27.7 Å². The molecule has 0 rings (SSSR count). The van der Waals surface area contributed by atoms with Gasteiger partial charge in [-0.25, -0.2) is 0 Å². The molecule has 221 valence electrons. The standard InChI is InChI=1S/C20H36N2O6.2C3H9P.Tc/c1-19(2,27-7)17(23)11-15(13-25-5)21-9-10-22-16(14-26-6)12-18(24)20(3,4)28-8;2*1-4(2)3;/h11-12,23-24H,9-10,13-14H2,1-8H3;2*1-3H3;/b17-11-,18-12-,21-15?,22-16?;;;/i;;;1+1. The Morgan fingerprint density at radius 3 is 1.08 bits per heavy atom. The van der Waals surface area contributed by atoms with E-state index < -0.39 is 11.2 Å². The van der Waals surface area contributed by atoms with Crippen LogP contribution in [-0.2, 0) is 39.1 Å². The number of hydrogen-bond acceptors (Lipinski definition) is 8. The maximum atomic E-state index is 12.2. The number of rotatable bonds is 13. The smallest absolute Gasteiger partial charge is 0.0879 e. The molecule has 1 radical (unpaired) electrons. The van der Waals surface area contributed by atoms with E-state index in [1.54, 1.807) is 27.7 Å². The molecule has 0 saturated carbocycles. The van der Waals surface area contributed by atoms with Crippen molar-refractivity contribution in [1.82, 2.24) is 0 Å². The SMILES string of the molecule is COCC(/C=C(\[O-])C(C)(C)OC)=NCCN=C(/C=C(\[O-])C(C)(C)OC)COC.C[PH+](C)C.C[PH+](C)C.[99Tc]. The summed E-state index contributed by atoms with van der Waals surface area (Å²) < 4.78 is 20.5. The van der Waals surface area contributed by atoms with E-state index in [1.807, 2.05) is 0 Å². The predicted octanol–water partition coefficient (Wildman–Crippen LogP) is 2.68. The molecule has 0 unspecified atom stereocenters. The number of ether oxygens (including phenoxy) is 4. The Morgan fingerprint density at radius 2 is 0.892 bits per heavy atom. The first-order valence-corrected chi connectivity index (χ1v) is 18.0. The van der Waals surface area contributed by atoms with E-state index in [0.29, 0.717) is 24.5 Å². The molecule has 0 aliphatic carbocycles. The second kappa shape index (κ2) is 24.8. The van der Waals surface area contributed by atoms with Gasteiger partial charge in [0.15, 0.2) is 0 Å². The molecular weight excluding hydrogens is 597 g/mol. The van der Waals surface area contributed by atoms with Crippen LogP contribution in [0.5, 0.6) is 0 Å². The van der Waals surface area contributed by atoms with Gasteiger partial charge in [-0.05, 0) is 55.7 Å². The van der Waals surface area contributed by atoms with Gasteiger partial charge in [-0.2, -0.15) is 0 Å². The number of methoxy groups -OCH3 is 4. The second-order valence-electron chi connectivity index (χ2n) is 10.1. The molecule has 0 aromatic heterocycles. The molecule has 11 heteroatoms. The topological polar surface area (TPSA) is 108 Å². The zero-order valence-electron chi connectivity index (χ0n) is 25.7. The van der Waals surface area contributed by atoms with Crippen molar-refractivity contribution in [3.05, 3.63) is 23.7 Å². The fourth-order valence-corrected chi connectivity index (χ4v) is 1.80. The average Bonchev–Trinajstić information content (AvgIpc) is 2.75. The van der Waals surface area contributed by atoms with E-state index >= 15 is 0 Å². The van der Waals surface area contributed by atoms with Crippen LogP contribution in [0.4, 0.5) is 0 Å². The van der Waals surface area contributed by atoms with Crippen LogP contribution in [0.15, 0.2) is 33.7 Å². The second-order valence-corrected chi connectivity index (χ2v) is 16.1. The zero-order valence-corrected chi connectivity index (χ0v) is 29.6. The van der Waals surface area contributed by atoms with Crippen molar-refractivity contribution in [1.29, 1.82) is 0 Å². The van der Waals surface area contributed by atoms with Gasteiger partial charge in [0.05, 0.1) is 48.9 Å². The zero-order chi connectivity index (χ0) is 28.9. The van der Waals surface area contributed by atoms with Gasteiger partial charge in [-0.15, -0.1) is 0 Å². The fourth-order valence-electron chi connectivity index (χ4n) is 1.80. The molecule has 0 bridgehead atoms. The van der Waals surface area contributed by atoms with Gasteiger partial charge in [0.2, 0.25) is 0 Å². The molecule has 0 fully saturated rings. The Hall–Kier alpha value is -0.231. The maximum absolute atomic E-state index is 12.2. The Balaban J connectivity index is -0.000000525. The normalized spacial score (nSPS) is 13.5. The van der Waals surface area contributed by atoms with E-state index in [9.17, 15) is 10.2 Å². The van der Waals surface area contributed by atoms with Crippen molar-refractivity contribution in [3.8, 4) is 0 Å². The van der Waals surface area contributed by atoms with E-state index in [-0.39, 0.29) is 60.7 Å². The van der Waals surface area contributed by atoms with Crippen LogP contribution < -0.4 is 10.2 Å². The Bertz CT molecular complexity index is 631. The van der Waals surface area contributed by atoms with Crippen LogP contribution in [0.25, 0.3) is 0 Å². The van der Waals surface area contributed by atoms with E-state index in [1.165, 1.54) is 40.6 Å². The first-order valence-electron chi connectivity index (χ1n) is 12.0. The van der Waals surface area contributed by atoms with Gasteiger partial charge >= 0.3 is 0 Å². The first-order chi connectivity index (χ1) is 16.5. The molecule has 8 nitrogen and oxygen atoms in total. The monoisotopic (exact) mass is 651 g/mol. The molecule has 0 aromatic rings. The van der Waals surface area contributed by atoms with Gasteiger partial charge in [-0.3, -0.25) is 9.98 Å². The summed E-state index contributed by atoms with van der Waals surface area (Å²) in [7, 11) is 6.26. The van der Waals surface area contributed by atoms with Gasteiger partial charge in [0.25, 0.3) is 0 Å². The van der Waals surface area contributed by atoms with Crippen molar-refractivity contribution in [3.63, 3.8) is 0 Å². The molecule has 0 atom stereocenters. The third-order valence-corrected chi connectivity index (χ3v) is 4.12. The van der Waals surface area contributed by atoms with Crippen molar-refractivity contribution in [2.75, 3.05) is 94.7 Å². The molecule has 0 spiro atoms. The minimum absolute atomic E-state index is 0. The molecule has 0 N–H and O–H groups in total. The predicted molar refractivity (Wildman–Crippen MR) is 159 cm³/mol. The van der Waals surface area contributed by atoms with Crippen LogP contribution in [0, 0.1) is 0 Å². The van der Waals surface area contributed by atoms with Crippen molar-refractivity contribution < 1.29 is 49.3 Å². The van der Waals surface area contributed by atoms with Gasteiger partial charge in [-0.1, -0.05) is 11.5 Å². The van der Waals surface area contributed by atoms with E-state index in [4.69, 9.17) is 18.9 Å². The van der Waals surface area contributed by atoms with E-state index in [2.05, 4.69) is 50.0 Å². The molecule has 0 amide bonds. The number of aliphatic imine (C=N–C) groups is 2. The van der Waals surface area contributed by atoms with Crippen molar-refractivity contribution >= 4 is 27.3 Å². The van der Waals surface area contributed by atoms with Crippen molar-refractivity contribution in [2.24, 2.45) is 9.98 Å². The van der Waals surface area contributed by atoms with E-state index in [0.717, 1.165) is 0 Å². The Labute approximate surface area is 243 Å². The summed E-state index contributed by atoms with van der Waals surface area (Å²) >= 11 is 0. The third kappa shape index (κ3) is 27.1. The summed E-state index contributed by atoms with van der Waals surface area (Å²) in [4.78, 5) is 8.73. The van der Waals surface area contributed by atoms with Crippen molar-refractivity contribution in [2.45, 2.75) is 38.9 Å². The minimum Gasteiger partial charge on any atom is -0.873 e. The molecule has 0 aromatic carbocycles. The average molecular weight is 652 g/mol.